The number of amides is 1. The molecule has 1 aromatic carbocycles. The van der Waals surface area contributed by atoms with Gasteiger partial charge in [0.05, 0.1) is 11.3 Å². The summed E-state index contributed by atoms with van der Waals surface area (Å²) in [5, 5.41) is 2.62. The van der Waals surface area contributed by atoms with Gasteiger partial charge in [0.2, 0.25) is 5.91 Å². The standard InChI is InChI=1S/C19H20F2N4O2S/c1-4-11(3)25-18(27)17-14(8-10(2)22-17)23-19(25)28-9-15(26)24-16-12(20)6-5-7-13(16)21/h5-8,11,22H,4,9H2,1-3H3,(H,24,26). The second-order valence-electron chi connectivity index (χ2n) is 6.47. The van der Waals surface area contributed by atoms with Crippen molar-refractivity contribution in [2.24, 2.45) is 0 Å². The highest BCUT2D eigenvalue weighted by molar-refractivity contribution is 7.99. The van der Waals surface area contributed by atoms with Gasteiger partial charge in [0, 0.05) is 11.7 Å². The molecule has 28 heavy (non-hydrogen) atoms. The number of halogens is 2. The first-order valence-corrected chi connectivity index (χ1v) is 9.78. The summed E-state index contributed by atoms with van der Waals surface area (Å²) in [7, 11) is 0. The van der Waals surface area contributed by atoms with Gasteiger partial charge < -0.3 is 10.3 Å². The number of hydrogen-bond acceptors (Lipinski definition) is 4. The number of carbonyl (C=O) groups excluding carboxylic acids is 1. The van der Waals surface area contributed by atoms with Gasteiger partial charge in [-0.3, -0.25) is 14.2 Å². The van der Waals surface area contributed by atoms with Gasteiger partial charge in [-0.1, -0.05) is 24.8 Å². The Bertz CT molecular complexity index is 1070. The van der Waals surface area contributed by atoms with E-state index >= 15 is 0 Å². The number of carbonyl (C=O) groups is 1. The number of benzene rings is 1. The lowest BCUT2D eigenvalue weighted by molar-refractivity contribution is -0.113. The van der Waals surface area contributed by atoms with E-state index in [0.717, 1.165) is 29.6 Å². The lowest BCUT2D eigenvalue weighted by Crippen LogP contribution is -2.27. The van der Waals surface area contributed by atoms with Crippen LogP contribution in [0.3, 0.4) is 0 Å². The number of nitrogens with one attached hydrogen (secondary N) is 2. The summed E-state index contributed by atoms with van der Waals surface area (Å²) in [5.41, 5.74) is 1.04. The fraction of sp³-hybridized carbons (Fsp3) is 0.316. The van der Waals surface area contributed by atoms with Crippen LogP contribution in [0.1, 0.15) is 32.0 Å². The van der Waals surface area contributed by atoms with Crippen LogP contribution in [0.2, 0.25) is 0 Å². The van der Waals surface area contributed by atoms with E-state index in [0.29, 0.717) is 22.6 Å². The van der Waals surface area contributed by atoms with E-state index in [2.05, 4.69) is 15.3 Å². The molecule has 6 nitrogen and oxygen atoms in total. The predicted octanol–water partition coefficient (Wildman–Crippen LogP) is 4.01. The molecule has 0 fully saturated rings. The SMILES string of the molecule is CCC(C)n1c(SCC(=O)Nc2c(F)cccc2F)nc2cc(C)[nH]c2c1=O. The first-order valence-electron chi connectivity index (χ1n) is 8.80. The number of rotatable bonds is 6. The van der Waals surface area contributed by atoms with Crippen molar-refractivity contribution in [3.63, 3.8) is 0 Å². The third-order valence-electron chi connectivity index (χ3n) is 4.38. The summed E-state index contributed by atoms with van der Waals surface area (Å²) in [4.78, 5) is 32.6. The highest BCUT2D eigenvalue weighted by Gasteiger charge is 2.19. The number of para-hydroxylation sites is 1. The average Bonchev–Trinajstić information content (AvgIpc) is 3.03. The third-order valence-corrected chi connectivity index (χ3v) is 5.33. The molecule has 0 aliphatic carbocycles. The van der Waals surface area contributed by atoms with Gasteiger partial charge >= 0.3 is 0 Å². The van der Waals surface area contributed by atoms with E-state index in [-0.39, 0.29) is 17.4 Å². The zero-order valence-corrected chi connectivity index (χ0v) is 16.5. The molecule has 2 aromatic heterocycles. The molecule has 3 rings (SSSR count). The number of anilines is 1. The van der Waals surface area contributed by atoms with Crippen LogP contribution in [0.4, 0.5) is 14.5 Å². The van der Waals surface area contributed by atoms with Crippen molar-refractivity contribution in [2.75, 3.05) is 11.1 Å². The van der Waals surface area contributed by atoms with Crippen LogP contribution >= 0.6 is 11.8 Å². The minimum atomic E-state index is -0.850. The van der Waals surface area contributed by atoms with Gasteiger partial charge in [-0.15, -0.1) is 0 Å². The fourth-order valence-electron chi connectivity index (χ4n) is 2.79. The molecule has 1 unspecified atom stereocenters. The van der Waals surface area contributed by atoms with Crippen molar-refractivity contribution in [2.45, 2.75) is 38.4 Å². The Hall–Kier alpha value is -2.68. The molecule has 1 atom stereocenters. The molecule has 0 aliphatic rings. The van der Waals surface area contributed by atoms with Crippen LogP contribution in [-0.2, 0) is 4.79 Å². The minimum Gasteiger partial charge on any atom is -0.353 e. The highest BCUT2D eigenvalue weighted by atomic mass is 32.2. The number of nitrogens with zero attached hydrogens (tertiary/aromatic N) is 2. The van der Waals surface area contributed by atoms with Crippen LogP contribution in [0.15, 0.2) is 34.2 Å². The summed E-state index contributed by atoms with van der Waals surface area (Å²) in [6.07, 6.45) is 0.701. The van der Waals surface area contributed by atoms with E-state index in [4.69, 9.17) is 0 Å². The van der Waals surface area contributed by atoms with Gasteiger partial charge in [0.15, 0.2) is 5.16 Å². The van der Waals surface area contributed by atoms with Crippen LogP contribution in [0, 0.1) is 18.6 Å². The normalized spacial score (nSPS) is 12.3. The van der Waals surface area contributed by atoms with E-state index in [1.807, 2.05) is 20.8 Å². The largest absolute Gasteiger partial charge is 0.353 e. The molecule has 0 saturated heterocycles. The quantitative estimate of drug-likeness (QED) is 0.479. The van der Waals surface area contributed by atoms with Crippen molar-refractivity contribution < 1.29 is 13.6 Å². The van der Waals surface area contributed by atoms with Gasteiger partial charge in [0.1, 0.15) is 22.8 Å². The van der Waals surface area contributed by atoms with E-state index < -0.39 is 23.2 Å². The average molecular weight is 406 g/mol. The molecule has 1 amide bonds. The molecule has 0 aliphatic heterocycles. The van der Waals surface area contributed by atoms with Gasteiger partial charge in [-0.05, 0) is 38.5 Å². The molecule has 0 spiro atoms. The Morgan fingerprint density at radius 2 is 2.04 bits per heavy atom. The summed E-state index contributed by atoms with van der Waals surface area (Å²) >= 11 is 1.05. The Morgan fingerprint density at radius 3 is 2.68 bits per heavy atom. The first kappa shape index (κ1) is 20.1. The molecule has 2 N–H and O–H groups in total. The maximum absolute atomic E-state index is 13.7. The Kier molecular flexibility index (Phi) is 5.83. The molecule has 148 valence electrons. The van der Waals surface area contributed by atoms with E-state index in [9.17, 15) is 18.4 Å². The molecule has 0 radical (unpaired) electrons. The predicted molar refractivity (Wildman–Crippen MR) is 106 cm³/mol. The van der Waals surface area contributed by atoms with Crippen LogP contribution in [0.5, 0.6) is 0 Å². The Labute approximate surface area is 164 Å². The highest BCUT2D eigenvalue weighted by Crippen LogP contribution is 2.24. The zero-order chi connectivity index (χ0) is 20.4. The molecule has 0 bridgehead atoms. The van der Waals surface area contributed by atoms with Crippen LogP contribution in [-0.4, -0.2) is 26.2 Å². The number of thioether (sulfide) groups is 1. The maximum atomic E-state index is 13.7. The number of aromatic amines is 1. The van der Waals surface area contributed by atoms with E-state index in [1.165, 1.54) is 6.07 Å². The number of hydrogen-bond donors (Lipinski definition) is 2. The summed E-state index contributed by atoms with van der Waals surface area (Å²) in [6, 6.07) is 4.99. The van der Waals surface area contributed by atoms with Crippen molar-refractivity contribution in [3.8, 4) is 0 Å². The maximum Gasteiger partial charge on any atom is 0.278 e. The Balaban J connectivity index is 1.87. The number of aryl methyl sites for hydroxylation is 1. The van der Waals surface area contributed by atoms with Crippen molar-refractivity contribution >= 4 is 34.4 Å². The molecular formula is C19H20F2N4O2S. The molecule has 3 aromatic rings. The van der Waals surface area contributed by atoms with Gasteiger partial charge in [0.25, 0.3) is 5.56 Å². The molecule has 0 saturated carbocycles. The molecule has 9 heteroatoms. The Morgan fingerprint density at radius 1 is 1.36 bits per heavy atom. The lowest BCUT2D eigenvalue weighted by Gasteiger charge is -2.17. The third kappa shape index (κ3) is 3.94. The molecular weight excluding hydrogens is 386 g/mol. The monoisotopic (exact) mass is 406 g/mol. The lowest BCUT2D eigenvalue weighted by atomic mass is 10.2. The number of H-pyrrole nitrogens is 1. The van der Waals surface area contributed by atoms with E-state index in [1.54, 1.807) is 10.6 Å². The van der Waals surface area contributed by atoms with Gasteiger partial charge in [-0.25, -0.2) is 13.8 Å². The van der Waals surface area contributed by atoms with Crippen LogP contribution in [0.25, 0.3) is 11.0 Å². The number of aromatic nitrogens is 3. The number of fused-ring (bicyclic) bond motifs is 1. The zero-order valence-electron chi connectivity index (χ0n) is 15.7. The minimum absolute atomic E-state index is 0.123. The van der Waals surface area contributed by atoms with Crippen molar-refractivity contribution in [1.82, 2.24) is 14.5 Å². The topological polar surface area (TPSA) is 79.8 Å². The second-order valence-corrected chi connectivity index (χ2v) is 7.42. The summed E-state index contributed by atoms with van der Waals surface area (Å²) in [5.74, 6) is -2.44. The van der Waals surface area contributed by atoms with Crippen molar-refractivity contribution in [3.05, 3.63) is 51.9 Å². The van der Waals surface area contributed by atoms with Crippen LogP contribution < -0.4 is 10.9 Å². The van der Waals surface area contributed by atoms with Gasteiger partial charge in [-0.2, -0.15) is 0 Å². The summed E-state index contributed by atoms with van der Waals surface area (Å²) < 4.78 is 28.9. The fourth-order valence-corrected chi connectivity index (χ4v) is 3.68. The van der Waals surface area contributed by atoms with Crippen molar-refractivity contribution in [1.29, 1.82) is 0 Å². The first-order chi connectivity index (χ1) is 13.3. The smallest absolute Gasteiger partial charge is 0.278 e. The second kappa shape index (κ2) is 8.14. The summed E-state index contributed by atoms with van der Waals surface area (Å²) in [6.45, 7) is 5.67. The molecule has 2 heterocycles.